The molecule has 4 saturated heterocycles. The summed E-state index contributed by atoms with van der Waals surface area (Å²) in [6.07, 6.45) is -1.47. The van der Waals surface area contributed by atoms with Crippen molar-refractivity contribution in [2.24, 2.45) is 5.41 Å². The number of rotatable bonds is 21. The van der Waals surface area contributed by atoms with E-state index in [1.54, 1.807) is 18.2 Å². The predicted octanol–water partition coefficient (Wildman–Crippen LogP) is -0.0688. The molecule has 0 radical (unpaired) electrons. The number of hydrogen-bond donors (Lipinski definition) is 8. The first-order valence-corrected chi connectivity index (χ1v) is 21.4. The van der Waals surface area contributed by atoms with Crippen LogP contribution in [0.2, 0.25) is 0 Å². The summed E-state index contributed by atoms with van der Waals surface area (Å²) >= 11 is 0. The van der Waals surface area contributed by atoms with Crippen molar-refractivity contribution in [2.45, 2.75) is 164 Å². The summed E-state index contributed by atoms with van der Waals surface area (Å²) in [6.45, 7) is 4.57. The van der Waals surface area contributed by atoms with Gasteiger partial charge >= 0.3 is 5.97 Å². The maximum Gasteiger partial charge on any atom is 0.327 e. The highest BCUT2D eigenvalue weighted by molar-refractivity contribution is 5.96. The molecule has 18 nitrogen and oxygen atoms in total. The van der Waals surface area contributed by atoms with Crippen LogP contribution in [0.15, 0.2) is 30.3 Å². The van der Waals surface area contributed by atoms with E-state index >= 15 is 0 Å². The van der Waals surface area contributed by atoms with Crippen molar-refractivity contribution in [3.8, 4) is 0 Å². The van der Waals surface area contributed by atoms with Crippen LogP contribution < -0.4 is 10.6 Å². The highest BCUT2D eigenvalue weighted by atomic mass is 16.8. The number of nitrogens with zero attached hydrogens (tertiary/aromatic N) is 1. The Morgan fingerprint density at radius 2 is 1.73 bits per heavy atom. The first-order valence-electron chi connectivity index (χ1n) is 21.4. The number of amides is 2. The third-order valence-electron chi connectivity index (χ3n) is 12.3. The minimum Gasteiger partial charge on any atom is -0.458 e. The van der Waals surface area contributed by atoms with Crippen LogP contribution in [0.25, 0.3) is 6.08 Å². The number of hydroxylamine groups is 2. The second kappa shape index (κ2) is 20.4. The lowest BCUT2D eigenvalue weighted by Gasteiger charge is -2.49. The number of esters is 1. The highest BCUT2D eigenvalue weighted by Gasteiger charge is 2.76. The molecule has 2 amide bonds. The van der Waals surface area contributed by atoms with E-state index in [1.165, 1.54) is 12.0 Å². The molecule has 6 rings (SSSR count). The van der Waals surface area contributed by atoms with Gasteiger partial charge in [0.25, 0.3) is 0 Å². The fourth-order valence-corrected chi connectivity index (χ4v) is 9.18. The Hall–Kier alpha value is -3.11. The molecular formula is C42H63N3O15. The number of aliphatic hydroxyl groups excluding tert-OH is 6. The Balaban J connectivity index is 1.26. The first-order chi connectivity index (χ1) is 28.8. The number of carbonyl (C=O) groups is 3. The molecule has 5 fully saturated rings. The number of carbonyl (C=O) groups excluding carboxylic acids is 3. The quantitative estimate of drug-likeness (QED) is 0.0595. The lowest BCUT2D eigenvalue weighted by molar-refractivity contribution is -0.298. The van der Waals surface area contributed by atoms with E-state index in [9.17, 15) is 45.0 Å². The van der Waals surface area contributed by atoms with Crippen LogP contribution >= 0.6 is 0 Å². The van der Waals surface area contributed by atoms with Crippen LogP contribution in [0.3, 0.4) is 0 Å². The number of benzene rings is 1. The van der Waals surface area contributed by atoms with Crippen LogP contribution in [-0.4, -0.2) is 159 Å². The summed E-state index contributed by atoms with van der Waals surface area (Å²) in [7, 11) is 0. The van der Waals surface area contributed by atoms with Crippen LogP contribution in [0.5, 0.6) is 0 Å². The highest BCUT2D eigenvalue weighted by Crippen LogP contribution is 2.58. The molecule has 1 aromatic rings. The summed E-state index contributed by atoms with van der Waals surface area (Å²) in [5, 5.41) is 66.5. The fourth-order valence-electron chi connectivity index (χ4n) is 9.18. The molecule has 336 valence electrons. The normalized spacial score (nSPS) is 34.2. The van der Waals surface area contributed by atoms with Gasteiger partial charge in [0, 0.05) is 25.8 Å². The number of unbranched alkanes of at least 4 members (excludes halogenated alkanes) is 4. The predicted molar refractivity (Wildman–Crippen MR) is 211 cm³/mol. The lowest BCUT2D eigenvalue weighted by atomic mass is 9.62. The summed E-state index contributed by atoms with van der Waals surface area (Å²) < 4.78 is 30.9. The fraction of sp³-hybridized carbons (Fsp3) is 0.738. The van der Waals surface area contributed by atoms with Crippen molar-refractivity contribution in [1.82, 2.24) is 15.7 Å². The Morgan fingerprint density at radius 3 is 2.40 bits per heavy atom. The third kappa shape index (κ3) is 9.60. The van der Waals surface area contributed by atoms with E-state index in [0.29, 0.717) is 18.4 Å². The SMILES string of the molecule is CCCCCC1(CCCCC)O[C@@H]2[C@H](O1)[C@H]1ON(Cc3cccc(C=CCO[C@H]4O[C@H](CO)[C@H](O)[C@H](O)[C@H]4O)c3)[C@H]3C(=O)O[C@@H]2C[C@@]13C(=O)N[C@@H](C(=O)NCCO)[C@H](C)O. The Labute approximate surface area is 350 Å². The second-order valence-electron chi connectivity index (χ2n) is 16.6. The molecule has 8 N–H and O–H groups in total. The Morgan fingerprint density at radius 1 is 1.02 bits per heavy atom. The molecule has 0 unspecified atom stereocenters. The molecule has 18 heteroatoms. The summed E-state index contributed by atoms with van der Waals surface area (Å²) in [5.41, 5.74) is -0.183. The number of aliphatic hydroxyl groups is 6. The number of ether oxygens (including phenoxy) is 5. The molecule has 2 bridgehead atoms. The average Bonchev–Trinajstić information content (AvgIpc) is 3.79. The largest absolute Gasteiger partial charge is 0.458 e. The lowest BCUT2D eigenvalue weighted by Crippen LogP contribution is -2.71. The standard InChI is InChI=1S/C42H63N3O15/c1-4-6-8-15-41(16-9-7-5-2)58-33-27-21-42(40(54)44-29(24(3)48)37(52)43-17-18-46)35(38(53)56-27)45(60-36(42)34(33)59-41)22-26-13-10-12-25(20-26)14-11-19-55-39-32(51)31(50)30(49)28(23-47)57-39/h10-14,20,24,27-36,39,46-51H,4-9,15-19,21-23H2,1-3H3,(H,43,52)(H,44,54)/t24-,27+,28+,29+,30-,31-,32+,33-,34-,35-,36+,39-,42-/m0/s1. The van der Waals surface area contributed by atoms with Crippen LogP contribution in [0.4, 0.5) is 0 Å². The number of hydrogen-bond acceptors (Lipinski definition) is 16. The molecule has 0 spiro atoms. The van der Waals surface area contributed by atoms with Gasteiger partial charge in [-0.15, -0.1) is 0 Å². The molecule has 1 aliphatic carbocycles. The Kier molecular flexibility index (Phi) is 15.8. The molecule has 4 heterocycles. The van der Waals surface area contributed by atoms with Gasteiger partial charge in [-0.3, -0.25) is 19.2 Å². The van der Waals surface area contributed by atoms with Crippen LogP contribution in [-0.2, 0) is 49.5 Å². The summed E-state index contributed by atoms with van der Waals surface area (Å²) in [4.78, 5) is 48.9. The van der Waals surface area contributed by atoms with E-state index in [-0.39, 0.29) is 32.7 Å². The van der Waals surface area contributed by atoms with Crippen molar-refractivity contribution >= 4 is 23.9 Å². The van der Waals surface area contributed by atoms with Gasteiger partial charge in [0.15, 0.2) is 18.1 Å². The molecule has 60 heavy (non-hydrogen) atoms. The minimum atomic E-state index is -1.61. The number of fused-ring (bicyclic) bond motifs is 4. The van der Waals surface area contributed by atoms with Gasteiger partial charge in [-0.25, -0.2) is 0 Å². The van der Waals surface area contributed by atoms with Crippen molar-refractivity contribution in [1.29, 1.82) is 0 Å². The summed E-state index contributed by atoms with van der Waals surface area (Å²) in [5.74, 6) is -3.06. The smallest absolute Gasteiger partial charge is 0.327 e. The first kappa shape index (κ1) is 46.4. The van der Waals surface area contributed by atoms with Gasteiger partial charge in [0.1, 0.15) is 60.3 Å². The topological polar surface area (TPSA) is 255 Å². The van der Waals surface area contributed by atoms with Crippen molar-refractivity contribution in [2.75, 3.05) is 26.4 Å². The zero-order valence-corrected chi connectivity index (χ0v) is 34.6. The second-order valence-corrected chi connectivity index (χ2v) is 16.6. The van der Waals surface area contributed by atoms with E-state index in [0.717, 1.165) is 44.1 Å². The van der Waals surface area contributed by atoms with Crippen molar-refractivity contribution < 1.29 is 73.5 Å². The maximum atomic E-state index is 14.9. The molecule has 4 aliphatic heterocycles. The average molecular weight is 850 g/mol. The molecule has 1 saturated carbocycles. The Bertz CT molecular complexity index is 1640. The van der Waals surface area contributed by atoms with Gasteiger partial charge in [0.2, 0.25) is 11.8 Å². The van der Waals surface area contributed by atoms with E-state index in [1.807, 2.05) is 18.2 Å². The molecule has 0 aromatic heterocycles. The van der Waals surface area contributed by atoms with Gasteiger partial charge in [0.05, 0.1) is 32.5 Å². The molecule has 5 aliphatic rings. The molecule has 1 aromatic carbocycles. The van der Waals surface area contributed by atoms with Crippen molar-refractivity contribution in [3.05, 3.63) is 41.5 Å². The van der Waals surface area contributed by atoms with Crippen molar-refractivity contribution in [3.63, 3.8) is 0 Å². The summed E-state index contributed by atoms with van der Waals surface area (Å²) in [6, 6.07) is 4.64. The maximum absolute atomic E-state index is 14.9. The van der Waals surface area contributed by atoms with Gasteiger partial charge < -0.3 is 65.0 Å². The van der Waals surface area contributed by atoms with E-state index in [4.69, 9.17) is 28.5 Å². The zero-order valence-electron chi connectivity index (χ0n) is 34.6. The van der Waals surface area contributed by atoms with Gasteiger partial charge in [-0.2, -0.15) is 5.06 Å². The van der Waals surface area contributed by atoms with Gasteiger partial charge in [-0.05, 0) is 30.9 Å². The van der Waals surface area contributed by atoms with E-state index < -0.39 is 109 Å². The molecular weight excluding hydrogens is 786 g/mol. The van der Waals surface area contributed by atoms with Crippen LogP contribution in [0.1, 0.15) is 89.7 Å². The van der Waals surface area contributed by atoms with E-state index in [2.05, 4.69) is 24.5 Å². The monoisotopic (exact) mass is 849 g/mol. The molecule has 13 atom stereocenters. The number of nitrogens with one attached hydrogen (secondary N) is 2. The minimum absolute atomic E-state index is 0.0168. The third-order valence-corrected chi connectivity index (χ3v) is 12.3. The van der Waals surface area contributed by atoms with Crippen LogP contribution in [0, 0.1) is 5.41 Å². The zero-order chi connectivity index (χ0) is 43.2. The van der Waals surface area contributed by atoms with Gasteiger partial charge in [-0.1, -0.05) is 75.9 Å².